The van der Waals surface area contributed by atoms with Crippen molar-refractivity contribution in [2.24, 2.45) is 5.73 Å². The summed E-state index contributed by atoms with van der Waals surface area (Å²) >= 11 is 0. The van der Waals surface area contributed by atoms with E-state index in [-0.39, 0.29) is 0 Å². The fraction of sp³-hybridized carbons (Fsp3) is 0.308. The number of benzene rings is 2. The van der Waals surface area contributed by atoms with E-state index < -0.39 is 0 Å². The minimum absolute atomic E-state index is 0.887. The van der Waals surface area contributed by atoms with E-state index >= 15 is 0 Å². The number of hydrogen-bond donors (Lipinski definition) is 1. The molecule has 0 fully saturated rings. The van der Waals surface area contributed by atoms with Gasteiger partial charge in [-0.25, -0.2) is 0 Å². The summed E-state index contributed by atoms with van der Waals surface area (Å²) in [4.78, 5) is 0. The Balaban J connectivity index is 0.000000460. The Morgan fingerprint density at radius 3 is 1.96 bits per heavy atom. The van der Waals surface area contributed by atoms with Crippen molar-refractivity contribution >= 4 is 11.3 Å². The summed E-state index contributed by atoms with van der Waals surface area (Å²) < 4.78 is 0. The van der Waals surface area contributed by atoms with E-state index in [1.54, 1.807) is 0 Å². The van der Waals surface area contributed by atoms with Crippen molar-refractivity contribution in [1.82, 2.24) is 0 Å². The van der Waals surface area contributed by atoms with Gasteiger partial charge in [-0.15, -0.1) is 0 Å². The largest absolute Gasteiger partial charge is 0.399 e. The molecule has 0 aliphatic rings. The molecule has 0 unspecified atom stereocenters. The van der Waals surface area contributed by atoms with Crippen molar-refractivity contribution in [3.8, 4) is 0 Å². The highest BCUT2D eigenvalue weighted by Gasteiger charge is 1.94. The molecule has 0 heterocycles. The summed E-state index contributed by atoms with van der Waals surface area (Å²) in [5.74, 6) is 0. The molecule has 0 aromatic heterocycles. The fourth-order valence-electron chi connectivity index (χ4n) is 2.33. The molecule has 0 aliphatic carbocycles. The molecule has 0 radical (unpaired) electrons. The summed E-state index contributed by atoms with van der Waals surface area (Å²) in [6, 6.07) is 18.7. The highest BCUT2D eigenvalue weighted by atomic mass is 14.6. The van der Waals surface area contributed by atoms with Crippen LogP contribution in [-0.4, -0.2) is 0 Å². The van der Waals surface area contributed by atoms with Gasteiger partial charge in [0.25, 0.3) is 0 Å². The summed E-state index contributed by atoms with van der Waals surface area (Å²) in [5, 5.41) is 0. The van der Waals surface area contributed by atoms with Gasteiger partial charge in [-0.2, -0.15) is 0 Å². The van der Waals surface area contributed by atoms with Gasteiger partial charge in [0.2, 0.25) is 0 Å². The Bertz CT molecular complexity index is 689. The highest BCUT2D eigenvalue weighted by Crippen LogP contribution is 2.16. The van der Waals surface area contributed by atoms with Crippen LogP contribution in [0.15, 0.2) is 78.9 Å². The number of allylic oxidation sites excluding steroid dienone is 5. The third-order valence-electron chi connectivity index (χ3n) is 3.80. The molecule has 2 aromatic rings. The maximum Gasteiger partial charge on any atom is 0.0347 e. The predicted octanol–water partition coefficient (Wildman–Crippen LogP) is 7.79. The lowest BCUT2D eigenvalue weighted by Crippen LogP contribution is -1.95. The molecule has 0 spiro atoms. The van der Waals surface area contributed by atoms with E-state index in [4.69, 9.17) is 5.73 Å². The van der Waals surface area contributed by atoms with Crippen LogP contribution in [0.5, 0.6) is 0 Å². The lowest BCUT2D eigenvalue weighted by Gasteiger charge is -2.01. The maximum atomic E-state index is 5.84. The fourth-order valence-corrected chi connectivity index (χ4v) is 2.33. The lowest BCUT2D eigenvalue weighted by atomic mass is 10.0. The van der Waals surface area contributed by atoms with Crippen molar-refractivity contribution in [2.75, 3.05) is 0 Å². The van der Waals surface area contributed by atoms with Crippen LogP contribution in [0.2, 0.25) is 0 Å². The molecule has 146 valence electrons. The van der Waals surface area contributed by atoms with Crippen LogP contribution in [0.3, 0.4) is 0 Å². The Kier molecular flexibility index (Phi) is 14.2. The Labute approximate surface area is 167 Å². The summed E-state index contributed by atoms with van der Waals surface area (Å²) in [7, 11) is 0. The van der Waals surface area contributed by atoms with Crippen LogP contribution >= 0.6 is 0 Å². The zero-order chi connectivity index (χ0) is 20.5. The van der Waals surface area contributed by atoms with E-state index in [1.807, 2.05) is 51.1 Å². The van der Waals surface area contributed by atoms with E-state index in [0.29, 0.717) is 0 Å². The number of unbranched alkanes of at least 4 members (excludes halogenated alkanes) is 1. The molecular weight excluding hydrogens is 326 g/mol. The molecule has 1 heteroatoms. The topological polar surface area (TPSA) is 26.0 Å². The number of hydrogen-bond acceptors (Lipinski definition) is 1. The second-order valence-corrected chi connectivity index (χ2v) is 5.92. The van der Waals surface area contributed by atoms with Gasteiger partial charge in [0.05, 0.1) is 0 Å². The van der Waals surface area contributed by atoms with Gasteiger partial charge in [0.15, 0.2) is 0 Å². The quantitative estimate of drug-likeness (QED) is 0.539. The average molecular weight is 364 g/mol. The third kappa shape index (κ3) is 10.3. The minimum atomic E-state index is 0.887. The monoisotopic (exact) mass is 363 g/mol. The second kappa shape index (κ2) is 15.7. The van der Waals surface area contributed by atoms with Crippen molar-refractivity contribution in [1.29, 1.82) is 0 Å². The van der Waals surface area contributed by atoms with Crippen LogP contribution in [0.1, 0.15) is 64.2 Å². The Morgan fingerprint density at radius 1 is 0.889 bits per heavy atom. The first-order valence-electron chi connectivity index (χ1n) is 9.99. The molecule has 0 saturated heterocycles. The smallest absolute Gasteiger partial charge is 0.0347 e. The van der Waals surface area contributed by atoms with Gasteiger partial charge in [0.1, 0.15) is 0 Å². The Morgan fingerprint density at radius 2 is 1.48 bits per heavy atom. The van der Waals surface area contributed by atoms with Crippen molar-refractivity contribution in [3.05, 3.63) is 95.6 Å². The van der Waals surface area contributed by atoms with E-state index in [0.717, 1.165) is 24.1 Å². The summed E-state index contributed by atoms with van der Waals surface area (Å²) in [5.41, 5.74) is 11.7. The van der Waals surface area contributed by atoms with Gasteiger partial charge in [-0.1, -0.05) is 112 Å². The molecule has 0 bridgehead atoms. The van der Waals surface area contributed by atoms with Crippen molar-refractivity contribution in [2.45, 2.75) is 54.4 Å². The van der Waals surface area contributed by atoms with Crippen molar-refractivity contribution in [3.63, 3.8) is 0 Å². The molecule has 0 saturated carbocycles. The minimum Gasteiger partial charge on any atom is -0.399 e. The SMILES string of the molecule is C/C=C\C(=C/C)c1ccc(C)cc1.CC.CCC/C=C(\N)c1ccccc1. The molecule has 0 amide bonds. The molecular formula is C26H37N. The maximum absolute atomic E-state index is 5.84. The molecule has 27 heavy (non-hydrogen) atoms. The first-order chi connectivity index (χ1) is 13.1. The van der Waals surface area contributed by atoms with Gasteiger partial charge < -0.3 is 5.73 Å². The second-order valence-electron chi connectivity index (χ2n) is 5.92. The van der Waals surface area contributed by atoms with Gasteiger partial charge in [0, 0.05) is 5.70 Å². The van der Waals surface area contributed by atoms with Crippen LogP contribution < -0.4 is 5.73 Å². The summed E-state index contributed by atoms with van der Waals surface area (Å²) in [6.07, 6.45) is 10.6. The zero-order valence-corrected chi connectivity index (χ0v) is 18.0. The number of nitrogens with two attached hydrogens (primary N) is 1. The van der Waals surface area contributed by atoms with E-state index in [1.165, 1.54) is 16.7 Å². The summed E-state index contributed by atoms with van der Waals surface area (Å²) in [6.45, 7) is 12.4. The van der Waals surface area contributed by atoms with Crippen molar-refractivity contribution < 1.29 is 0 Å². The van der Waals surface area contributed by atoms with E-state index in [2.05, 4.69) is 69.3 Å². The van der Waals surface area contributed by atoms with Crippen LogP contribution in [0, 0.1) is 6.92 Å². The van der Waals surface area contributed by atoms with Gasteiger partial charge in [-0.05, 0) is 43.9 Å². The molecule has 0 aliphatic heterocycles. The first kappa shape index (κ1) is 24.5. The molecule has 2 rings (SSSR count). The molecule has 0 atom stereocenters. The van der Waals surface area contributed by atoms with Crippen LogP contribution in [-0.2, 0) is 0 Å². The average Bonchev–Trinajstić information content (AvgIpc) is 2.73. The molecule has 2 aromatic carbocycles. The highest BCUT2D eigenvalue weighted by molar-refractivity contribution is 5.73. The van der Waals surface area contributed by atoms with Gasteiger partial charge >= 0.3 is 0 Å². The van der Waals surface area contributed by atoms with Crippen LogP contribution in [0.4, 0.5) is 0 Å². The third-order valence-corrected chi connectivity index (χ3v) is 3.80. The molecule has 1 nitrogen and oxygen atoms in total. The Hall–Kier alpha value is -2.54. The predicted molar refractivity (Wildman–Crippen MR) is 125 cm³/mol. The number of aryl methyl sites for hydroxylation is 1. The van der Waals surface area contributed by atoms with Gasteiger partial charge in [-0.3, -0.25) is 0 Å². The molecule has 2 N–H and O–H groups in total. The standard InChI is InChI=1S/C13H16.C11H15N.C2H6/c1-4-6-12(5-2)13-9-7-11(3)8-10-13;1-2-3-9-11(12)10-7-5-4-6-8-10;1-2/h4-10H,1-3H3;4-9H,2-3,12H2,1H3;1-2H3/b6-4-,12-5+;11-9-;. The van der Waals surface area contributed by atoms with E-state index in [9.17, 15) is 0 Å². The van der Waals surface area contributed by atoms with Crippen LogP contribution in [0.25, 0.3) is 11.3 Å². The lowest BCUT2D eigenvalue weighted by molar-refractivity contribution is 0.958. The normalized spacial score (nSPS) is 11.3. The number of rotatable bonds is 5. The first-order valence-corrected chi connectivity index (χ1v) is 9.99. The zero-order valence-electron chi connectivity index (χ0n) is 18.0.